The molecule has 3 atom stereocenters. The Balaban J connectivity index is 1.78. The molecule has 2 aliphatic rings. The lowest BCUT2D eigenvalue weighted by molar-refractivity contribution is 0.0879. The Morgan fingerprint density at radius 1 is 1.04 bits per heavy atom. The van der Waals surface area contributed by atoms with E-state index >= 15 is 0 Å². The second-order valence-electron chi connectivity index (χ2n) is 8.49. The number of hydrogen-bond donors (Lipinski definition) is 1. The number of carbonyl (C=O) groups is 1. The van der Waals surface area contributed by atoms with Crippen molar-refractivity contribution in [2.45, 2.75) is 69.7 Å². The molecule has 0 aromatic heterocycles. The summed E-state index contributed by atoms with van der Waals surface area (Å²) in [7, 11) is -0.555. The molecule has 1 aromatic rings. The van der Waals surface area contributed by atoms with E-state index in [2.05, 4.69) is 5.32 Å². The summed E-state index contributed by atoms with van der Waals surface area (Å²) in [6.45, 7) is 3.64. The quantitative estimate of drug-likeness (QED) is 0.851. The maximum absolute atomic E-state index is 12.9. The van der Waals surface area contributed by atoms with E-state index in [1.54, 1.807) is 13.0 Å². The van der Waals surface area contributed by atoms with E-state index < -0.39 is 10.0 Å². The Morgan fingerprint density at radius 3 is 2.37 bits per heavy atom. The Morgan fingerprint density at radius 2 is 1.70 bits per heavy atom. The molecule has 6 heteroatoms. The first-order valence-corrected chi connectivity index (χ1v) is 11.5. The zero-order valence-electron chi connectivity index (χ0n) is 16.9. The average Bonchev–Trinajstić information content (AvgIpc) is 2.63. The first-order valence-electron chi connectivity index (χ1n) is 10.0. The number of sulfonamides is 1. The molecule has 0 radical (unpaired) electrons. The molecule has 3 rings (SSSR count). The fourth-order valence-electron chi connectivity index (χ4n) is 4.70. The van der Waals surface area contributed by atoms with Crippen molar-refractivity contribution < 1.29 is 13.2 Å². The minimum atomic E-state index is -3.58. The molecule has 1 amide bonds. The number of hydrogen-bond acceptors (Lipinski definition) is 3. The Bertz CT molecular complexity index is 817. The molecule has 5 nitrogen and oxygen atoms in total. The van der Waals surface area contributed by atoms with Crippen LogP contribution in [0.1, 0.15) is 66.4 Å². The van der Waals surface area contributed by atoms with Gasteiger partial charge >= 0.3 is 0 Å². The van der Waals surface area contributed by atoms with Crippen molar-refractivity contribution in [2.24, 2.45) is 11.8 Å². The standard InChI is InChI=1S/C21H32N2O3S/c1-14-11-18(13-20(15(14)2)27(25,26)23(3)4)21(24)22-19-10-9-16-7-5-6-8-17(16)12-19/h11,13,16-17,19H,5-10,12H2,1-4H3,(H,22,24)/t16-,17-,19+/m0/s1. The van der Waals surface area contributed by atoms with Crippen LogP contribution < -0.4 is 5.32 Å². The topological polar surface area (TPSA) is 66.5 Å². The summed E-state index contributed by atoms with van der Waals surface area (Å²) in [6, 6.07) is 3.53. The summed E-state index contributed by atoms with van der Waals surface area (Å²) in [5.74, 6) is 1.42. The molecule has 0 bridgehead atoms. The van der Waals surface area contributed by atoms with E-state index in [4.69, 9.17) is 0 Å². The van der Waals surface area contributed by atoms with Gasteiger partial charge in [-0.2, -0.15) is 0 Å². The van der Waals surface area contributed by atoms with Gasteiger partial charge in [-0.25, -0.2) is 12.7 Å². The SMILES string of the molecule is Cc1cc(C(=O)N[C@@H]2CC[C@@H]3CCCC[C@H]3C2)cc(S(=O)(=O)N(C)C)c1C. The molecule has 0 spiro atoms. The Hall–Kier alpha value is -1.40. The molecule has 2 saturated carbocycles. The van der Waals surface area contributed by atoms with Gasteiger partial charge in [-0.15, -0.1) is 0 Å². The van der Waals surface area contributed by atoms with E-state index in [1.165, 1.54) is 56.6 Å². The van der Waals surface area contributed by atoms with Crippen LogP contribution in [0.4, 0.5) is 0 Å². The third kappa shape index (κ3) is 4.21. The smallest absolute Gasteiger partial charge is 0.251 e. The molecule has 0 unspecified atom stereocenters. The van der Waals surface area contributed by atoms with Crippen LogP contribution in [-0.4, -0.2) is 38.8 Å². The fraction of sp³-hybridized carbons (Fsp3) is 0.667. The highest BCUT2D eigenvalue weighted by Crippen LogP contribution is 2.40. The van der Waals surface area contributed by atoms with Gasteiger partial charge in [0, 0.05) is 25.7 Å². The number of fused-ring (bicyclic) bond motifs is 1. The predicted molar refractivity (Wildman–Crippen MR) is 107 cm³/mol. The predicted octanol–water partition coefficient (Wildman–Crippen LogP) is 3.64. The van der Waals surface area contributed by atoms with E-state index in [0.29, 0.717) is 11.1 Å². The van der Waals surface area contributed by atoms with Crippen molar-refractivity contribution in [3.8, 4) is 0 Å². The minimum Gasteiger partial charge on any atom is -0.349 e. The van der Waals surface area contributed by atoms with Crippen LogP contribution >= 0.6 is 0 Å². The van der Waals surface area contributed by atoms with E-state index in [9.17, 15) is 13.2 Å². The number of amides is 1. The molecular weight excluding hydrogens is 360 g/mol. The van der Waals surface area contributed by atoms with Crippen LogP contribution in [0, 0.1) is 25.7 Å². The average molecular weight is 393 g/mol. The van der Waals surface area contributed by atoms with Crippen LogP contribution in [0.15, 0.2) is 17.0 Å². The highest BCUT2D eigenvalue weighted by Gasteiger charge is 2.33. The Labute approximate surface area is 163 Å². The monoisotopic (exact) mass is 392 g/mol. The third-order valence-corrected chi connectivity index (χ3v) is 8.46. The normalized spacial score (nSPS) is 25.9. The van der Waals surface area contributed by atoms with Gasteiger partial charge in [0.05, 0.1) is 4.90 Å². The van der Waals surface area contributed by atoms with Gasteiger partial charge in [0.1, 0.15) is 0 Å². The second-order valence-corrected chi connectivity index (χ2v) is 10.6. The lowest BCUT2D eigenvalue weighted by Crippen LogP contribution is -2.41. The van der Waals surface area contributed by atoms with Gasteiger partial charge in [0.15, 0.2) is 0 Å². The molecular formula is C21H32N2O3S. The van der Waals surface area contributed by atoms with Gasteiger partial charge in [-0.05, 0) is 68.2 Å². The van der Waals surface area contributed by atoms with Crippen molar-refractivity contribution in [3.05, 3.63) is 28.8 Å². The maximum atomic E-state index is 12.9. The largest absolute Gasteiger partial charge is 0.349 e. The first kappa shape index (κ1) is 20.3. The van der Waals surface area contributed by atoms with Gasteiger partial charge < -0.3 is 5.32 Å². The Kier molecular flexibility index (Phi) is 5.96. The number of nitrogens with one attached hydrogen (secondary N) is 1. The number of rotatable bonds is 4. The van der Waals surface area contributed by atoms with Crippen molar-refractivity contribution in [1.82, 2.24) is 9.62 Å². The highest BCUT2D eigenvalue weighted by atomic mass is 32.2. The highest BCUT2D eigenvalue weighted by molar-refractivity contribution is 7.89. The van der Waals surface area contributed by atoms with E-state index in [-0.39, 0.29) is 16.8 Å². The van der Waals surface area contributed by atoms with Gasteiger partial charge in [-0.1, -0.05) is 25.7 Å². The van der Waals surface area contributed by atoms with Crippen LogP contribution in [0.2, 0.25) is 0 Å². The van der Waals surface area contributed by atoms with Gasteiger partial charge in [-0.3, -0.25) is 4.79 Å². The van der Waals surface area contributed by atoms with Crippen molar-refractivity contribution in [1.29, 1.82) is 0 Å². The van der Waals surface area contributed by atoms with Crippen molar-refractivity contribution in [3.63, 3.8) is 0 Å². The third-order valence-electron chi connectivity index (χ3n) is 6.52. The molecule has 27 heavy (non-hydrogen) atoms. The lowest BCUT2D eigenvalue weighted by Gasteiger charge is -2.39. The summed E-state index contributed by atoms with van der Waals surface area (Å²) in [5.41, 5.74) is 1.95. The first-order chi connectivity index (χ1) is 12.7. The van der Waals surface area contributed by atoms with Crippen molar-refractivity contribution >= 4 is 15.9 Å². The molecule has 0 saturated heterocycles. The van der Waals surface area contributed by atoms with Crippen LogP contribution in [0.25, 0.3) is 0 Å². The van der Waals surface area contributed by atoms with E-state index in [0.717, 1.165) is 30.2 Å². The number of benzene rings is 1. The van der Waals surface area contributed by atoms with Crippen molar-refractivity contribution in [2.75, 3.05) is 14.1 Å². The molecule has 2 aliphatic carbocycles. The maximum Gasteiger partial charge on any atom is 0.251 e. The lowest BCUT2D eigenvalue weighted by atomic mass is 9.69. The molecule has 0 heterocycles. The molecule has 1 aromatic carbocycles. The molecule has 1 N–H and O–H groups in total. The van der Waals surface area contributed by atoms with Gasteiger partial charge in [0.25, 0.3) is 5.91 Å². The number of nitrogens with zero attached hydrogens (tertiary/aromatic N) is 1. The number of aryl methyl sites for hydroxylation is 1. The summed E-state index contributed by atoms with van der Waals surface area (Å²) >= 11 is 0. The fourth-order valence-corrected chi connectivity index (χ4v) is 5.91. The zero-order valence-corrected chi connectivity index (χ0v) is 17.7. The van der Waals surface area contributed by atoms with E-state index in [1.807, 2.05) is 6.92 Å². The minimum absolute atomic E-state index is 0.160. The second kappa shape index (κ2) is 7.92. The number of carbonyl (C=O) groups excluding carboxylic acids is 1. The zero-order chi connectivity index (χ0) is 19.8. The van der Waals surface area contributed by atoms with Crippen LogP contribution in [0.5, 0.6) is 0 Å². The van der Waals surface area contributed by atoms with Crippen LogP contribution in [0.3, 0.4) is 0 Å². The molecule has 150 valence electrons. The van der Waals surface area contributed by atoms with Gasteiger partial charge in [0.2, 0.25) is 10.0 Å². The van der Waals surface area contributed by atoms with Crippen LogP contribution in [-0.2, 0) is 10.0 Å². The summed E-state index contributed by atoms with van der Waals surface area (Å²) in [4.78, 5) is 13.1. The summed E-state index contributed by atoms with van der Waals surface area (Å²) < 4.78 is 26.4. The molecule has 2 fully saturated rings. The summed E-state index contributed by atoms with van der Waals surface area (Å²) in [6.07, 6.45) is 8.57. The summed E-state index contributed by atoms with van der Waals surface area (Å²) in [5, 5.41) is 3.18. The molecule has 0 aliphatic heterocycles.